The van der Waals surface area contributed by atoms with Gasteiger partial charge in [0.1, 0.15) is 11.5 Å². The number of benzene rings is 2. The van der Waals surface area contributed by atoms with Crippen LogP contribution in [0.5, 0.6) is 11.5 Å². The molecule has 1 atom stereocenters. The van der Waals surface area contributed by atoms with Crippen LogP contribution in [0.15, 0.2) is 41.3 Å². The number of esters is 1. The Balaban J connectivity index is 2.13. The van der Waals surface area contributed by atoms with E-state index in [2.05, 4.69) is 0 Å². The van der Waals surface area contributed by atoms with Crippen LogP contribution in [-0.4, -0.2) is 27.2 Å². The van der Waals surface area contributed by atoms with Gasteiger partial charge in [0.25, 0.3) is 0 Å². The van der Waals surface area contributed by atoms with Crippen molar-refractivity contribution in [3.8, 4) is 11.5 Å². The Hall–Kier alpha value is -2.34. The SMILES string of the molecule is COc1ccc(S(=O)(=O)CC(C)C(=O)Oc2c(C)cc(C)cc2C)cc1. The van der Waals surface area contributed by atoms with E-state index in [0.29, 0.717) is 11.5 Å². The van der Waals surface area contributed by atoms with E-state index in [9.17, 15) is 13.2 Å². The van der Waals surface area contributed by atoms with Gasteiger partial charge in [-0.05, 0) is 56.2 Å². The number of rotatable bonds is 6. The van der Waals surface area contributed by atoms with Crippen molar-refractivity contribution in [2.24, 2.45) is 5.92 Å². The first-order chi connectivity index (χ1) is 12.1. The number of hydrogen-bond acceptors (Lipinski definition) is 5. The number of ether oxygens (including phenoxy) is 2. The fourth-order valence-corrected chi connectivity index (χ4v) is 4.34. The minimum Gasteiger partial charge on any atom is -0.497 e. The maximum atomic E-state index is 12.5. The smallest absolute Gasteiger partial charge is 0.315 e. The minimum absolute atomic E-state index is 0.153. The number of methoxy groups -OCH3 is 1. The minimum atomic E-state index is -3.61. The molecule has 0 heterocycles. The van der Waals surface area contributed by atoms with Crippen LogP contribution < -0.4 is 9.47 Å². The van der Waals surface area contributed by atoms with Gasteiger partial charge in [0.15, 0.2) is 9.84 Å². The van der Waals surface area contributed by atoms with Crippen LogP contribution in [0.2, 0.25) is 0 Å². The Morgan fingerprint density at radius 2 is 1.58 bits per heavy atom. The highest BCUT2D eigenvalue weighted by Crippen LogP contribution is 2.26. The Bertz CT molecular complexity index is 875. The molecule has 0 fully saturated rings. The molecule has 0 spiro atoms. The standard InChI is InChI=1S/C20H24O5S/c1-13-10-14(2)19(15(3)11-13)25-20(21)16(4)12-26(22,23)18-8-6-17(24-5)7-9-18/h6-11,16H,12H2,1-5H3. The maximum Gasteiger partial charge on any atom is 0.315 e. The van der Waals surface area contributed by atoms with E-state index < -0.39 is 21.7 Å². The molecule has 0 radical (unpaired) electrons. The second-order valence-electron chi connectivity index (χ2n) is 6.51. The van der Waals surface area contributed by atoms with Gasteiger partial charge in [-0.25, -0.2) is 8.42 Å². The molecule has 0 saturated heterocycles. The highest BCUT2D eigenvalue weighted by molar-refractivity contribution is 7.91. The zero-order valence-electron chi connectivity index (χ0n) is 15.7. The molecule has 5 nitrogen and oxygen atoms in total. The van der Waals surface area contributed by atoms with E-state index in [1.54, 1.807) is 19.1 Å². The van der Waals surface area contributed by atoms with Crippen molar-refractivity contribution in [2.45, 2.75) is 32.6 Å². The van der Waals surface area contributed by atoms with Crippen molar-refractivity contribution in [3.05, 3.63) is 53.1 Å². The molecule has 2 rings (SSSR count). The molecule has 26 heavy (non-hydrogen) atoms. The quantitative estimate of drug-likeness (QED) is 0.569. The lowest BCUT2D eigenvalue weighted by Gasteiger charge is -2.15. The third-order valence-corrected chi connectivity index (χ3v) is 6.03. The largest absolute Gasteiger partial charge is 0.497 e. The zero-order chi connectivity index (χ0) is 19.5. The van der Waals surface area contributed by atoms with Crippen molar-refractivity contribution < 1.29 is 22.7 Å². The van der Waals surface area contributed by atoms with Crippen molar-refractivity contribution >= 4 is 15.8 Å². The summed E-state index contributed by atoms with van der Waals surface area (Å²) in [6, 6.07) is 9.95. The Morgan fingerprint density at radius 3 is 2.08 bits per heavy atom. The van der Waals surface area contributed by atoms with Crippen molar-refractivity contribution in [2.75, 3.05) is 12.9 Å². The second-order valence-corrected chi connectivity index (χ2v) is 8.54. The number of aryl methyl sites for hydroxylation is 3. The second kappa shape index (κ2) is 7.91. The molecule has 0 aliphatic heterocycles. The van der Waals surface area contributed by atoms with Crippen molar-refractivity contribution in [1.29, 1.82) is 0 Å². The van der Waals surface area contributed by atoms with E-state index in [0.717, 1.165) is 16.7 Å². The topological polar surface area (TPSA) is 69.7 Å². The summed E-state index contributed by atoms with van der Waals surface area (Å²) < 4.78 is 35.6. The van der Waals surface area contributed by atoms with E-state index in [4.69, 9.17) is 9.47 Å². The lowest BCUT2D eigenvalue weighted by molar-refractivity contribution is -0.137. The van der Waals surface area contributed by atoms with E-state index >= 15 is 0 Å². The van der Waals surface area contributed by atoms with Crippen LogP contribution in [0.4, 0.5) is 0 Å². The van der Waals surface area contributed by atoms with Gasteiger partial charge >= 0.3 is 5.97 Å². The Labute approximate surface area is 154 Å². The normalized spacial score (nSPS) is 12.5. The maximum absolute atomic E-state index is 12.5. The predicted octanol–water partition coefficient (Wildman–Crippen LogP) is 3.64. The molecule has 0 aromatic heterocycles. The summed E-state index contributed by atoms with van der Waals surface area (Å²) in [7, 11) is -2.09. The van der Waals surface area contributed by atoms with Crippen molar-refractivity contribution in [1.82, 2.24) is 0 Å². The molecule has 2 aromatic carbocycles. The lowest BCUT2D eigenvalue weighted by Crippen LogP contribution is -2.26. The molecule has 0 N–H and O–H groups in total. The summed E-state index contributed by atoms with van der Waals surface area (Å²) in [5, 5.41) is 0. The van der Waals surface area contributed by atoms with Gasteiger partial charge in [0, 0.05) is 0 Å². The van der Waals surface area contributed by atoms with Crippen LogP contribution >= 0.6 is 0 Å². The molecular weight excluding hydrogens is 352 g/mol. The molecule has 6 heteroatoms. The van der Waals surface area contributed by atoms with Gasteiger partial charge in [-0.1, -0.05) is 24.6 Å². The molecule has 1 unspecified atom stereocenters. The number of carbonyl (C=O) groups is 1. The molecule has 0 aliphatic rings. The van der Waals surface area contributed by atoms with Crippen LogP contribution in [0.3, 0.4) is 0 Å². The molecule has 140 valence electrons. The highest BCUT2D eigenvalue weighted by Gasteiger charge is 2.25. The molecular formula is C20H24O5S. The summed E-state index contributed by atoms with van der Waals surface area (Å²) >= 11 is 0. The first kappa shape index (κ1) is 20.0. The van der Waals surface area contributed by atoms with Gasteiger partial charge in [-0.3, -0.25) is 4.79 Å². The third-order valence-electron chi connectivity index (χ3n) is 4.10. The van der Waals surface area contributed by atoms with Gasteiger partial charge in [-0.2, -0.15) is 0 Å². The molecule has 0 amide bonds. The zero-order valence-corrected chi connectivity index (χ0v) is 16.5. The summed E-state index contributed by atoms with van der Waals surface area (Å²) in [6.07, 6.45) is 0. The van der Waals surface area contributed by atoms with E-state index in [1.165, 1.54) is 19.2 Å². The first-order valence-corrected chi connectivity index (χ1v) is 9.95. The van der Waals surface area contributed by atoms with Gasteiger partial charge in [0.2, 0.25) is 0 Å². The van der Waals surface area contributed by atoms with Crippen LogP contribution in [-0.2, 0) is 14.6 Å². The number of hydrogen-bond donors (Lipinski definition) is 0. The highest BCUT2D eigenvalue weighted by atomic mass is 32.2. The van der Waals surface area contributed by atoms with Crippen LogP contribution in [0.1, 0.15) is 23.6 Å². The molecule has 2 aromatic rings. The summed E-state index contributed by atoms with van der Waals surface area (Å²) in [5.41, 5.74) is 2.78. The van der Waals surface area contributed by atoms with Gasteiger partial charge in [0.05, 0.1) is 23.7 Å². The van der Waals surface area contributed by atoms with Crippen LogP contribution in [0.25, 0.3) is 0 Å². The number of sulfone groups is 1. The predicted molar refractivity (Wildman–Crippen MR) is 100 cm³/mol. The first-order valence-electron chi connectivity index (χ1n) is 8.30. The Kier molecular flexibility index (Phi) is 6.08. The summed E-state index contributed by atoms with van der Waals surface area (Å²) in [6.45, 7) is 7.25. The third kappa shape index (κ3) is 4.64. The lowest BCUT2D eigenvalue weighted by atomic mass is 10.1. The average Bonchev–Trinajstić information content (AvgIpc) is 2.57. The van der Waals surface area contributed by atoms with E-state index in [1.807, 2.05) is 32.9 Å². The average molecular weight is 376 g/mol. The summed E-state index contributed by atoms with van der Waals surface area (Å²) in [4.78, 5) is 12.6. The van der Waals surface area contributed by atoms with E-state index in [-0.39, 0.29) is 10.6 Å². The fraction of sp³-hybridized carbons (Fsp3) is 0.350. The van der Waals surface area contributed by atoms with Gasteiger partial charge < -0.3 is 9.47 Å². The summed E-state index contributed by atoms with van der Waals surface area (Å²) in [5.74, 6) is -0.599. The van der Waals surface area contributed by atoms with Gasteiger partial charge in [-0.15, -0.1) is 0 Å². The fourth-order valence-electron chi connectivity index (χ4n) is 2.81. The molecule has 0 aliphatic carbocycles. The van der Waals surface area contributed by atoms with Crippen LogP contribution in [0, 0.1) is 26.7 Å². The monoisotopic (exact) mass is 376 g/mol. The number of carbonyl (C=O) groups excluding carboxylic acids is 1. The molecule has 0 bridgehead atoms. The molecule has 0 saturated carbocycles. The Morgan fingerprint density at radius 1 is 1.04 bits per heavy atom. The van der Waals surface area contributed by atoms with Crippen molar-refractivity contribution in [3.63, 3.8) is 0 Å².